The molecule has 178 valence electrons. The molecule has 14 heteroatoms. The number of nitrogens with one attached hydrogen (secondary N) is 1. The molecule has 0 spiro atoms. The first-order chi connectivity index (χ1) is 17.0. The zero-order valence-corrected chi connectivity index (χ0v) is 18.4. The lowest BCUT2D eigenvalue weighted by Crippen LogP contribution is -2.19. The third-order valence-electron chi connectivity index (χ3n) is 4.69. The average Bonchev–Trinajstić information content (AvgIpc) is 3.49. The van der Waals surface area contributed by atoms with Crippen LogP contribution in [0.25, 0.3) is 17.1 Å². The number of carbonyl (C=O) groups excluding carboxylic acids is 1. The Bertz CT molecular complexity index is 1380. The van der Waals surface area contributed by atoms with Gasteiger partial charge in [0.25, 0.3) is 11.6 Å². The van der Waals surface area contributed by atoms with Gasteiger partial charge in [0.05, 0.1) is 23.3 Å². The molecule has 4 rings (SSSR count). The first kappa shape index (κ1) is 23.0. The van der Waals surface area contributed by atoms with Gasteiger partial charge >= 0.3 is 0 Å². The highest BCUT2D eigenvalue weighted by molar-refractivity contribution is 5.99. The number of benzene rings is 2. The molecule has 0 aliphatic rings. The predicted molar refractivity (Wildman–Crippen MR) is 123 cm³/mol. The quantitative estimate of drug-likeness (QED) is 0.205. The minimum absolute atomic E-state index is 0.0428. The fourth-order valence-electron chi connectivity index (χ4n) is 3.09. The Hall–Kier alpha value is -5.14. The van der Waals surface area contributed by atoms with E-state index in [4.69, 9.17) is 10.5 Å². The Labute approximate surface area is 197 Å². The number of aromatic nitrogens is 5. The van der Waals surface area contributed by atoms with Gasteiger partial charge in [-0.3, -0.25) is 14.9 Å². The molecule has 1 amide bonds. The molecule has 2 aromatic carbocycles. The van der Waals surface area contributed by atoms with Crippen LogP contribution in [0.5, 0.6) is 5.75 Å². The molecular formula is C21H19N9O5. The van der Waals surface area contributed by atoms with Gasteiger partial charge < -0.3 is 10.5 Å². The normalized spacial score (nSPS) is 11.0. The SMILES string of the molecule is CCCOc1ccc(-c2c(C(=O)NN=Cc3ccccc3[N+](=O)[O-])nnn2-c2nonc2N)cc1. The number of nitro benzene ring substituents is 1. The zero-order valence-electron chi connectivity index (χ0n) is 18.4. The number of nitro groups is 1. The van der Waals surface area contributed by atoms with Crippen molar-refractivity contribution in [2.45, 2.75) is 13.3 Å². The number of hydrazone groups is 1. The van der Waals surface area contributed by atoms with E-state index in [-0.39, 0.29) is 34.3 Å². The summed E-state index contributed by atoms with van der Waals surface area (Å²) in [5.74, 6) is -0.0820. The molecule has 0 atom stereocenters. The third-order valence-corrected chi connectivity index (χ3v) is 4.69. The van der Waals surface area contributed by atoms with Crippen LogP contribution in [0.3, 0.4) is 0 Å². The highest BCUT2D eigenvalue weighted by Crippen LogP contribution is 2.28. The molecular weight excluding hydrogens is 458 g/mol. The van der Waals surface area contributed by atoms with E-state index >= 15 is 0 Å². The van der Waals surface area contributed by atoms with Crippen molar-refractivity contribution < 1.29 is 19.1 Å². The van der Waals surface area contributed by atoms with E-state index in [0.29, 0.717) is 17.9 Å². The van der Waals surface area contributed by atoms with Crippen LogP contribution < -0.4 is 15.9 Å². The van der Waals surface area contributed by atoms with Crippen molar-refractivity contribution in [2.75, 3.05) is 12.3 Å². The molecule has 0 aliphatic heterocycles. The summed E-state index contributed by atoms with van der Waals surface area (Å²) in [6, 6.07) is 12.9. The third kappa shape index (κ3) is 4.95. The van der Waals surface area contributed by atoms with Gasteiger partial charge in [0, 0.05) is 11.6 Å². The van der Waals surface area contributed by atoms with Crippen molar-refractivity contribution in [3.05, 3.63) is 69.9 Å². The van der Waals surface area contributed by atoms with Crippen LogP contribution in [0, 0.1) is 10.1 Å². The first-order valence-corrected chi connectivity index (χ1v) is 10.3. The Balaban J connectivity index is 1.66. The van der Waals surface area contributed by atoms with Crippen molar-refractivity contribution in [1.29, 1.82) is 0 Å². The average molecular weight is 477 g/mol. The highest BCUT2D eigenvalue weighted by Gasteiger charge is 2.25. The van der Waals surface area contributed by atoms with E-state index in [9.17, 15) is 14.9 Å². The van der Waals surface area contributed by atoms with E-state index in [1.165, 1.54) is 29.1 Å². The van der Waals surface area contributed by atoms with Gasteiger partial charge in [-0.15, -0.1) is 5.10 Å². The smallest absolute Gasteiger partial charge is 0.294 e. The summed E-state index contributed by atoms with van der Waals surface area (Å²) in [5, 5.41) is 30.2. The molecule has 0 saturated heterocycles. The molecule has 14 nitrogen and oxygen atoms in total. The van der Waals surface area contributed by atoms with Crippen LogP contribution in [0.1, 0.15) is 29.4 Å². The molecule has 0 radical (unpaired) electrons. The van der Waals surface area contributed by atoms with Crippen molar-refractivity contribution in [3.8, 4) is 22.8 Å². The fraction of sp³-hybridized carbons (Fsp3) is 0.143. The number of hydrogen-bond acceptors (Lipinski definition) is 11. The standard InChI is InChI=1S/C21H19N9O5/c1-2-11-34-15-9-7-13(8-10-15)18-17(24-28-29(18)20-19(22)26-35-27-20)21(31)25-23-12-14-5-3-4-6-16(14)30(32)33/h3-10,12H,2,11H2,1H3,(H2,22,26)(H,25,31). The summed E-state index contributed by atoms with van der Waals surface area (Å²) in [5.41, 5.74) is 8.87. The maximum Gasteiger partial charge on any atom is 0.294 e. The summed E-state index contributed by atoms with van der Waals surface area (Å²) in [7, 11) is 0. The van der Waals surface area contributed by atoms with E-state index in [0.717, 1.165) is 6.42 Å². The van der Waals surface area contributed by atoms with Gasteiger partial charge in [0.15, 0.2) is 5.69 Å². The minimum atomic E-state index is -0.720. The van der Waals surface area contributed by atoms with Crippen LogP contribution in [-0.4, -0.2) is 49.0 Å². The lowest BCUT2D eigenvalue weighted by molar-refractivity contribution is -0.385. The number of ether oxygens (including phenoxy) is 1. The number of amides is 1. The monoisotopic (exact) mass is 477 g/mol. The maximum absolute atomic E-state index is 12.9. The number of nitrogens with zero attached hydrogens (tertiary/aromatic N) is 7. The van der Waals surface area contributed by atoms with Crippen molar-refractivity contribution in [1.82, 2.24) is 30.7 Å². The zero-order chi connectivity index (χ0) is 24.8. The van der Waals surface area contributed by atoms with Gasteiger partial charge in [0.2, 0.25) is 11.6 Å². The Morgan fingerprint density at radius 3 is 2.71 bits per heavy atom. The topological polar surface area (TPSA) is 189 Å². The summed E-state index contributed by atoms with van der Waals surface area (Å²) in [4.78, 5) is 23.6. The van der Waals surface area contributed by atoms with Gasteiger partial charge in [0.1, 0.15) is 11.4 Å². The maximum atomic E-state index is 12.9. The van der Waals surface area contributed by atoms with Gasteiger partial charge in [-0.25, -0.2) is 10.1 Å². The second-order valence-electron chi connectivity index (χ2n) is 7.06. The number of hydrogen-bond donors (Lipinski definition) is 2. The number of nitrogens with two attached hydrogens (primary N) is 1. The summed E-state index contributed by atoms with van der Waals surface area (Å²) in [6.45, 7) is 2.56. The Kier molecular flexibility index (Phi) is 6.71. The molecule has 0 unspecified atom stereocenters. The van der Waals surface area contributed by atoms with E-state index < -0.39 is 10.8 Å². The molecule has 0 fully saturated rings. The van der Waals surface area contributed by atoms with E-state index in [1.54, 1.807) is 30.3 Å². The Morgan fingerprint density at radius 1 is 1.26 bits per heavy atom. The summed E-state index contributed by atoms with van der Waals surface area (Å²) >= 11 is 0. The van der Waals surface area contributed by atoms with E-state index in [1.807, 2.05) is 6.92 Å². The van der Waals surface area contributed by atoms with Gasteiger partial charge in [-0.05, 0) is 47.1 Å². The molecule has 3 N–H and O–H groups in total. The molecule has 0 aliphatic carbocycles. The first-order valence-electron chi connectivity index (χ1n) is 10.3. The Morgan fingerprint density at radius 2 is 2.03 bits per heavy atom. The fourth-order valence-corrected chi connectivity index (χ4v) is 3.09. The minimum Gasteiger partial charge on any atom is -0.494 e. The second kappa shape index (κ2) is 10.2. The molecule has 0 saturated carbocycles. The van der Waals surface area contributed by atoms with E-state index in [2.05, 4.69) is 35.8 Å². The number of carbonyl (C=O) groups is 1. The molecule has 2 aromatic heterocycles. The number of para-hydroxylation sites is 1. The van der Waals surface area contributed by atoms with Crippen LogP contribution in [0.2, 0.25) is 0 Å². The lowest BCUT2D eigenvalue weighted by Gasteiger charge is -2.08. The van der Waals surface area contributed by atoms with Crippen LogP contribution >= 0.6 is 0 Å². The summed E-state index contributed by atoms with van der Waals surface area (Å²) < 4.78 is 11.5. The van der Waals surface area contributed by atoms with Crippen LogP contribution in [0.15, 0.2) is 58.3 Å². The second-order valence-corrected chi connectivity index (χ2v) is 7.06. The number of rotatable bonds is 9. The van der Waals surface area contributed by atoms with Gasteiger partial charge in [-0.2, -0.15) is 9.78 Å². The highest BCUT2D eigenvalue weighted by atomic mass is 16.6. The van der Waals surface area contributed by atoms with Crippen LogP contribution in [0.4, 0.5) is 11.5 Å². The number of nitrogen functional groups attached to an aromatic ring is 1. The van der Waals surface area contributed by atoms with Crippen molar-refractivity contribution >= 4 is 23.6 Å². The van der Waals surface area contributed by atoms with Crippen molar-refractivity contribution in [3.63, 3.8) is 0 Å². The molecule has 35 heavy (non-hydrogen) atoms. The number of anilines is 1. The molecule has 0 bridgehead atoms. The van der Waals surface area contributed by atoms with Gasteiger partial charge in [-0.1, -0.05) is 24.3 Å². The molecule has 4 aromatic rings. The van der Waals surface area contributed by atoms with Crippen LogP contribution in [-0.2, 0) is 0 Å². The molecule has 2 heterocycles. The predicted octanol–water partition coefficient (Wildman–Crippen LogP) is 2.36. The lowest BCUT2D eigenvalue weighted by atomic mass is 10.1. The van der Waals surface area contributed by atoms with Crippen molar-refractivity contribution in [2.24, 2.45) is 5.10 Å². The summed E-state index contributed by atoms with van der Waals surface area (Å²) in [6.07, 6.45) is 2.02. The largest absolute Gasteiger partial charge is 0.494 e.